The van der Waals surface area contributed by atoms with E-state index >= 15 is 0 Å². The van der Waals surface area contributed by atoms with E-state index in [1.165, 1.54) is 4.31 Å². The van der Waals surface area contributed by atoms with Gasteiger partial charge in [0.25, 0.3) is 5.56 Å². The van der Waals surface area contributed by atoms with E-state index < -0.39 is 10.0 Å². The molecule has 0 amide bonds. The number of pyridine rings is 1. The Morgan fingerprint density at radius 2 is 2.13 bits per heavy atom. The molecule has 1 aliphatic heterocycles. The highest BCUT2D eigenvalue weighted by Crippen LogP contribution is 2.38. The molecule has 2 aliphatic rings. The molecule has 154 valence electrons. The van der Waals surface area contributed by atoms with Gasteiger partial charge in [0.15, 0.2) is 5.82 Å². The van der Waals surface area contributed by atoms with Gasteiger partial charge in [-0.25, -0.2) is 8.42 Å². The number of rotatable bonds is 3. The molecular formula is C20H20N6O3S. The zero-order valence-electron chi connectivity index (χ0n) is 16.3. The zero-order valence-corrected chi connectivity index (χ0v) is 17.1. The van der Waals surface area contributed by atoms with Crippen LogP contribution in [-0.4, -0.2) is 34.5 Å². The smallest absolute Gasteiger partial charge is 0.261 e. The number of sulfonamides is 1. The number of aromatic nitrogens is 3. The van der Waals surface area contributed by atoms with Gasteiger partial charge in [-0.1, -0.05) is 0 Å². The Hall–Kier alpha value is -3.16. The summed E-state index contributed by atoms with van der Waals surface area (Å²) in [5.41, 5.74) is 1.76. The molecule has 0 bridgehead atoms. The van der Waals surface area contributed by atoms with E-state index in [2.05, 4.69) is 21.5 Å². The second-order valence-corrected chi connectivity index (χ2v) is 9.82. The maximum Gasteiger partial charge on any atom is 0.261 e. The summed E-state index contributed by atoms with van der Waals surface area (Å²) in [6.45, 7) is 0.300. The Morgan fingerprint density at radius 1 is 1.30 bits per heavy atom. The number of anilines is 2. The predicted octanol–water partition coefficient (Wildman–Crippen LogP) is 2.47. The first kappa shape index (κ1) is 18.8. The number of nitrogens with one attached hydrogen (secondary N) is 2. The molecule has 3 heterocycles. The third-order valence-corrected chi connectivity index (χ3v) is 7.90. The van der Waals surface area contributed by atoms with E-state index in [1.54, 1.807) is 42.2 Å². The van der Waals surface area contributed by atoms with Crippen molar-refractivity contribution in [3.63, 3.8) is 0 Å². The minimum absolute atomic E-state index is 0.0753. The summed E-state index contributed by atoms with van der Waals surface area (Å²) in [5.74, 6) is 0.255. The van der Waals surface area contributed by atoms with Crippen molar-refractivity contribution < 1.29 is 8.42 Å². The lowest BCUT2D eigenvalue weighted by molar-refractivity contribution is 0.423. The molecule has 3 aromatic rings. The standard InChI is InChI=1S/C20H20N6O3S/c1-25-11-13-9-14(5-6-17(13)30(25,28)29)23-19-18-16(7-8-22-20(18)27)26(24-19)15-4-2-3-12(15)10-21/h5-9,12,15H,2-4,11H2,1H3,(H,22,27)(H,23,24). The highest BCUT2D eigenvalue weighted by molar-refractivity contribution is 7.89. The summed E-state index contributed by atoms with van der Waals surface area (Å²) in [7, 11) is -1.89. The van der Waals surface area contributed by atoms with Crippen LogP contribution in [-0.2, 0) is 16.6 Å². The maximum absolute atomic E-state index is 12.6. The lowest BCUT2D eigenvalue weighted by Gasteiger charge is -2.15. The van der Waals surface area contributed by atoms with Crippen molar-refractivity contribution in [2.45, 2.75) is 36.7 Å². The number of nitriles is 1. The molecule has 2 atom stereocenters. The molecule has 5 rings (SSSR count). The van der Waals surface area contributed by atoms with Gasteiger partial charge in [-0.05, 0) is 49.1 Å². The van der Waals surface area contributed by atoms with Crippen LogP contribution in [0, 0.1) is 17.2 Å². The molecule has 10 heteroatoms. The highest BCUT2D eigenvalue weighted by Gasteiger charge is 2.33. The third-order valence-electron chi connectivity index (χ3n) is 5.99. The summed E-state index contributed by atoms with van der Waals surface area (Å²) >= 11 is 0. The van der Waals surface area contributed by atoms with Crippen molar-refractivity contribution in [1.82, 2.24) is 19.1 Å². The van der Waals surface area contributed by atoms with Crippen molar-refractivity contribution in [3.05, 3.63) is 46.4 Å². The van der Waals surface area contributed by atoms with Gasteiger partial charge in [-0.15, -0.1) is 0 Å². The Labute approximate surface area is 173 Å². The van der Waals surface area contributed by atoms with Crippen molar-refractivity contribution in [2.75, 3.05) is 12.4 Å². The average Bonchev–Trinajstić information content (AvgIpc) is 3.38. The largest absolute Gasteiger partial charge is 0.338 e. The molecule has 0 radical (unpaired) electrons. The van der Waals surface area contributed by atoms with Crippen LogP contribution in [0.4, 0.5) is 11.5 Å². The SMILES string of the molecule is CN1Cc2cc(Nc3nn(C4CCCC4C#N)c4cc[nH]c(=O)c34)ccc2S1(=O)=O. The average molecular weight is 424 g/mol. The molecule has 2 aromatic heterocycles. The third kappa shape index (κ3) is 2.74. The van der Waals surface area contributed by atoms with E-state index in [-0.39, 0.29) is 17.5 Å². The number of fused-ring (bicyclic) bond motifs is 2. The molecule has 30 heavy (non-hydrogen) atoms. The van der Waals surface area contributed by atoms with Crippen molar-refractivity contribution in [1.29, 1.82) is 5.26 Å². The zero-order chi connectivity index (χ0) is 21.0. The van der Waals surface area contributed by atoms with Crippen LogP contribution in [0.25, 0.3) is 10.9 Å². The van der Waals surface area contributed by atoms with E-state index in [4.69, 9.17) is 0 Å². The van der Waals surface area contributed by atoms with Crippen LogP contribution in [0.2, 0.25) is 0 Å². The predicted molar refractivity (Wildman–Crippen MR) is 111 cm³/mol. The summed E-state index contributed by atoms with van der Waals surface area (Å²) in [4.78, 5) is 15.6. The molecule has 1 aromatic carbocycles. The lowest BCUT2D eigenvalue weighted by Crippen LogP contribution is -2.18. The van der Waals surface area contributed by atoms with E-state index in [9.17, 15) is 18.5 Å². The summed E-state index contributed by atoms with van der Waals surface area (Å²) < 4.78 is 27.7. The topological polar surface area (TPSA) is 124 Å². The fourth-order valence-corrected chi connectivity index (χ4v) is 5.83. The first-order valence-corrected chi connectivity index (χ1v) is 11.2. The van der Waals surface area contributed by atoms with Gasteiger partial charge in [0.1, 0.15) is 5.39 Å². The number of benzene rings is 1. The van der Waals surface area contributed by atoms with Gasteiger partial charge in [-0.2, -0.15) is 14.7 Å². The van der Waals surface area contributed by atoms with Crippen LogP contribution in [0.3, 0.4) is 0 Å². The minimum atomic E-state index is -3.43. The van der Waals surface area contributed by atoms with Gasteiger partial charge < -0.3 is 10.3 Å². The fraction of sp³-hybridized carbons (Fsp3) is 0.350. The molecule has 1 fully saturated rings. The second-order valence-electron chi connectivity index (χ2n) is 7.80. The van der Waals surface area contributed by atoms with Gasteiger partial charge in [0.2, 0.25) is 10.0 Å². The minimum Gasteiger partial charge on any atom is -0.338 e. The van der Waals surface area contributed by atoms with E-state index in [0.29, 0.717) is 39.4 Å². The molecule has 2 N–H and O–H groups in total. The van der Waals surface area contributed by atoms with Gasteiger partial charge in [0, 0.05) is 25.5 Å². The molecular weight excluding hydrogens is 404 g/mol. The Balaban J connectivity index is 1.59. The van der Waals surface area contributed by atoms with E-state index in [1.807, 2.05) is 0 Å². The Morgan fingerprint density at radius 3 is 2.93 bits per heavy atom. The van der Waals surface area contributed by atoms with Gasteiger partial charge >= 0.3 is 0 Å². The molecule has 1 aliphatic carbocycles. The number of hydrogen-bond donors (Lipinski definition) is 2. The normalized spacial score (nSPS) is 22.8. The van der Waals surface area contributed by atoms with Crippen molar-refractivity contribution >= 4 is 32.4 Å². The Bertz CT molecular complexity index is 1370. The quantitative estimate of drug-likeness (QED) is 0.666. The maximum atomic E-state index is 12.6. The van der Waals surface area contributed by atoms with Gasteiger partial charge in [0.05, 0.1) is 28.4 Å². The van der Waals surface area contributed by atoms with Crippen LogP contribution < -0.4 is 10.9 Å². The molecule has 0 saturated heterocycles. The van der Waals surface area contributed by atoms with Crippen molar-refractivity contribution in [3.8, 4) is 6.07 Å². The summed E-state index contributed by atoms with van der Waals surface area (Å²) in [6, 6.07) is 9.10. The first-order chi connectivity index (χ1) is 14.4. The fourth-order valence-electron chi connectivity index (χ4n) is 4.49. The second kappa shape index (κ2) is 6.68. The first-order valence-electron chi connectivity index (χ1n) is 9.76. The van der Waals surface area contributed by atoms with Crippen LogP contribution in [0.15, 0.2) is 40.2 Å². The number of aromatic amines is 1. The van der Waals surface area contributed by atoms with Crippen LogP contribution in [0.5, 0.6) is 0 Å². The van der Waals surface area contributed by atoms with E-state index in [0.717, 1.165) is 19.3 Å². The number of H-pyrrole nitrogens is 1. The van der Waals surface area contributed by atoms with Crippen LogP contribution >= 0.6 is 0 Å². The lowest BCUT2D eigenvalue weighted by atomic mass is 10.1. The highest BCUT2D eigenvalue weighted by atomic mass is 32.2. The molecule has 0 spiro atoms. The van der Waals surface area contributed by atoms with Crippen molar-refractivity contribution in [2.24, 2.45) is 5.92 Å². The summed E-state index contributed by atoms with van der Waals surface area (Å²) in [6.07, 6.45) is 4.19. The monoisotopic (exact) mass is 424 g/mol. The van der Waals surface area contributed by atoms with Crippen LogP contribution in [0.1, 0.15) is 30.9 Å². The summed E-state index contributed by atoms with van der Waals surface area (Å²) in [5, 5.41) is 17.8. The molecule has 9 nitrogen and oxygen atoms in total. The Kier molecular flexibility index (Phi) is 4.20. The van der Waals surface area contributed by atoms with Gasteiger partial charge in [-0.3, -0.25) is 9.48 Å². The number of nitrogens with zero attached hydrogens (tertiary/aromatic N) is 4. The number of hydrogen-bond acceptors (Lipinski definition) is 6. The molecule has 1 saturated carbocycles. The molecule has 2 unspecified atom stereocenters.